The molecule has 1 aromatic heterocycles. The number of alkyl halides is 3. The molecule has 0 aliphatic carbocycles. The van der Waals surface area contributed by atoms with Gasteiger partial charge in [-0.05, 0) is 31.5 Å². The Morgan fingerprint density at radius 2 is 1.76 bits per heavy atom. The average Bonchev–Trinajstić information content (AvgIpc) is 2.93. The van der Waals surface area contributed by atoms with E-state index in [1.165, 1.54) is 12.1 Å². The van der Waals surface area contributed by atoms with Gasteiger partial charge in [-0.25, -0.2) is 0 Å². The zero-order valence-corrected chi connectivity index (χ0v) is 19.3. The van der Waals surface area contributed by atoms with Gasteiger partial charge in [0.05, 0.1) is 24.4 Å². The first-order valence-electron chi connectivity index (χ1n) is 8.88. The SMILES string of the molecule is CN=C(NCc1ccc(C(F)(F)F)cc1)NCc1c(C)nn(CCOC)c1C.I. The molecule has 0 radical (unpaired) electrons. The molecular weight excluding hydrogens is 498 g/mol. The van der Waals surface area contributed by atoms with Gasteiger partial charge in [-0.1, -0.05) is 12.1 Å². The third kappa shape index (κ3) is 7.18. The molecule has 0 amide bonds. The number of aliphatic imine (C=N–C) groups is 1. The van der Waals surface area contributed by atoms with E-state index in [1.807, 2.05) is 18.5 Å². The average molecular weight is 525 g/mol. The lowest BCUT2D eigenvalue weighted by molar-refractivity contribution is -0.137. The summed E-state index contributed by atoms with van der Waals surface area (Å²) in [5.41, 5.74) is 3.14. The summed E-state index contributed by atoms with van der Waals surface area (Å²) in [6.07, 6.45) is -4.33. The lowest BCUT2D eigenvalue weighted by Crippen LogP contribution is -2.36. The van der Waals surface area contributed by atoms with Crippen LogP contribution in [0.4, 0.5) is 13.2 Å². The molecule has 0 aliphatic rings. The third-order valence-corrected chi connectivity index (χ3v) is 4.44. The van der Waals surface area contributed by atoms with E-state index >= 15 is 0 Å². The van der Waals surface area contributed by atoms with Crippen LogP contribution < -0.4 is 10.6 Å². The van der Waals surface area contributed by atoms with E-state index in [4.69, 9.17) is 4.74 Å². The van der Waals surface area contributed by atoms with Crippen molar-refractivity contribution in [2.45, 2.75) is 39.7 Å². The van der Waals surface area contributed by atoms with Crippen LogP contribution in [0, 0.1) is 13.8 Å². The monoisotopic (exact) mass is 525 g/mol. The summed E-state index contributed by atoms with van der Waals surface area (Å²) in [4.78, 5) is 4.16. The first-order chi connectivity index (χ1) is 13.3. The highest BCUT2D eigenvalue weighted by atomic mass is 127. The second kappa shape index (κ2) is 11.4. The molecule has 0 atom stereocenters. The van der Waals surface area contributed by atoms with Crippen molar-refractivity contribution in [1.29, 1.82) is 0 Å². The van der Waals surface area contributed by atoms with Crippen molar-refractivity contribution in [1.82, 2.24) is 20.4 Å². The first-order valence-corrected chi connectivity index (χ1v) is 8.88. The number of aryl methyl sites for hydroxylation is 1. The first kappa shape index (κ1) is 25.2. The van der Waals surface area contributed by atoms with Crippen LogP contribution in [0.25, 0.3) is 0 Å². The highest BCUT2D eigenvalue weighted by molar-refractivity contribution is 14.0. The van der Waals surface area contributed by atoms with E-state index in [2.05, 4.69) is 20.7 Å². The predicted molar refractivity (Wildman–Crippen MR) is 117 cm³/mol. The largest absolute Gasteiger partial charge is 0.416 e. The van der Waals surface area contributed by atoms with E-state index in [1.54, 1.807) is 14.2 Å². The summed E-state index contributed by atoms with van der Waals surface area (Å²) < 4.78 is 44.9. The highest BCUT2D eigenvalue weighted by Crippen LogP contribution is 2.29. The van der Waals surface area contributed by atoms with Crippen LogP contribution in [0.5, 0.6) is 0 Å². The van der Waals surface area contributed by atoms with E-state index in [9.17, 15) is 13.2 Å². The van der Waals surface area contributed by atoms with Crippen molar-refractivity contribution in [3.05, 3.63) is 52.3 Å². The van der Waals surface area contributed by atoms with Crippen LogP contribution in [0.1, 0.15) is 28.1 Å². The summed E-state index contributed by atoms with van der Waals surface area (Å²) >= 11 is 0. The molecule has 0 bridgehead atoms. The maximum Gasteiger partial charge on any atom is 0.416 e. The summed E-state index contributed by atoms with van der Waals surface area (Å²) in [6, 6.07) is 5.07. The maximum atomic E-state index is 12.6. The Morgan fingerprint density at radius 1 is 1.14 bits per heavy atom. The van der Waals surface area contributed by atoms with E-state index in [-0.39, 0.29) is 24.0 Å². The van der Waals surface area contributed by atoms with Gasteiger partial charge in [0, 0.05) is 38.5 Å². The molecule has 0 fully saturated rings. The lowest BCUT2D eigenvalue weighted by atomic mass is 10.1. The fraction of sp³-hybridized carbons (Fsp3) is 0.474. The Hall–Kier alpha value is -1.82. The summed E-state index contributed by atoms with van der Waals surface area (Å²) in [6.45, 7) is 6.13. The number of ether oxygens (including phenoxy) is 1. The summed E-state index contributed by atoms with van der Waals surface area (Å²) in [7, 11) is 3.30. The number of halogens is 4. The molecule has 0 saturated carbocycles. The Balaban J connectivity index is 0.00000420. The fourth-order valence-corrected chi connectivity index (χ4v) is 2.78. The van der Waals surface area contributed by atoms with Crippen molar-refractivity contribution in [2.75, 3.05) is 20.8 Å². The molecule has 162 valence electrons. The minimum absolute atomic E-state index is 0. The Kier molecular flexibility index (Phi) is 9.90. The standard InChI is InChI=1S/C19H26F3N5O.HI/c1-13-17(14(2)27(26-13)9-10-28-4)12-25-18(23-3)24-11-15-5-7-16(8-6-15)19(20,21)22;/h5-8H,9-12H2,1-4H3,(H2,23,24,25);1H. The number of guanidine groups is 1. The number of hydrogen-bond donors (Lipinski definition) is 2. The molecule has 2 aromatic rings. The second-order valence-corrected chi connectivity index (χ2v) is 6.34. The van der Waals surface area contributed by atoms with Crippen LogP contribution in [0.3, 0.4) is 0 Å². The number of rotatable bonds is 7. The highest BCUT2D eigenvalue weighted by Gasteiger charge is 2.29. The van der Waals surface area contributed by atoms with Gasteiger partial charge in [-0.2, -0.15) is 18.3 Å². The topological polar surface area (TPSA) is 63.5 Å². The van der Waals surface area contributed by atoms with Crippen molar-refractivity contribution >= 4 is 29.9 Å². The smallest absolute Gasteiger partial charge is 0.383 e. The second-order valence-electron chi connectivity index (χ2n) is 6.34. The number of nitrogens with one attached hydrogen (secondary N) is 2. The van der Waals surface area contributed by atoms with E-state index in [0.717, 1.165) is 34.6 Å². The fourth-order valence-electron chi connectivity index (χ4n) is 2.78. The molecular formula is C19H27F3IN5O. The molecule has 0 spiro atoms. The number of nitrogens with zero attached hydrogens (tertiary/aromatic N) is 3. The van der Waals surface area contributed by atoms with Gasteiger partial charge in [0.15, 0.2) is 5.96 Å². The van der Waals surface area contributed by atoms with Crippen molar-refractivity contribution in [2.24, 2.45) is 4.99 Å². The van der Waals surface area contributed by atoms with Gasteiger partial charge in [0.1, 0.15) is 0 Å². The third-order valence-electron chi connectivity index (χ3n) is 4.44. The number of hydrogen-bond acceptors (Lipinski definition) is 3. The van der Waals surface area contributed by atoms with E-state index < -0.39 is 11.7 Å². The molecule has 0 unspecified atom stereocenters. The van der Waals surface area contributed by atoms with Gasteiger partial charge in [-0.15, -0.1) is 24.0 Å². The maximum absolute atomic E-state index is 12.6. The Labute approximate surface area is 185 Å². The van der Waals surface area contributed by atoms with Gasteiger partial charge in [-0.3, -0.25) is 9.67 Å². The number of benzene rings is 1. The zero-order chi connectivity index (χ0) is 20.7. The molecule has 1 aromatic carbocycles. The molecule has 10 heteroatoms. The molecule has 2 rings (SSSR count). The zero-order valence-electron chi connectivity index (χ0n) is 16.9. The van der Waals surface area contributed by atoms with Gasteiger partial charge < -0.3 is 15.4 Å². The van der Waals surface area contributed by atoms with Crippen LogP contribution in [-0.2, 0) is 30.5 Å². The minimum Gasteiger partial charge on any atom is -0.383 e. The van der Waals surface area contributed by atoms with Crippen LogP contribution >= 0.6 is 24.0 Å². The summed E-state index contributed by atoms with van der Waals surface area (Å²) in [5, 5.41) is 10.8. The van der Waals surface area contributed by atoms with Crippen molar-refractivity contribution in [3.63, 3.8) is 0 Å². The van der Waals surface area contributed by atoms with Gasteiger partial charge >= 0.3 is 6.18 Å². The number of methoxy groups -OCH3 is 1. The van der Waals surface area contributed by atoms with Crippen molar-refractivity contribution < 1.29 is 17.9 Å². The lowest BCUT2D eigenvalue weighted by Gasteiger charge is -2.13. The molecule has 6 nitrogen and oxygen atoms in total. The Bertz CT molecular complexity index is 803. The molecule has 0 saturated heterocycles. The summed E-state index contributed by atoms with van der Waals surface area (Å²) in [5.74, 6) is 0.559. The molecule has 0 aliphatic heterocycles. The molecule has 29 heavy (non-hydrogen) atoms. The normalized spacial score (nSPS) is 11.9. The Morgan fingerprint density at radius 3 is 2.31 bits per heavy atom. The molecule has 1 heterocycles. The van der Waals surface area contributed by atoms with Gasteiger partial charge in [0.25, 0.3) is 0 Å². The van der Waals surface area contributed by atoms with E-state index in [0.29, 0.717) is 32.2 Å². The predicted octanol–water partition coefficient (Wildman–Crippen LogP) is 3.65. The quantitative estimate of drug-likeness (QED) is 0.329. The van der Waals surface area contributed by atoms with Crippen LogP contribution in [-0.4, -0.2) is 36.5 Å². The van der Waals surface area contributed by atoms with Crippen LogP contribution in [0.15, 0.2) is 29.3 Å². The van der Waals surface area contributed by atoms with Gasteiger partial charge in [0.2, 0.25) is 0 Å². The van der Waals surface area contributed by atoms with Crippen LogP contribution in [0.2, 0.25) is 0 Å². The minimum atomic E-state index is -4.33. The number of aromatic nitrogens is 2. The molecule has 2 N–H and O–H groups in total. The van der Waals surface area contributed by atoms with Crippen molar-refractivity contribution in [3.8, 4) is 0 Å².